The Morgan fingerprint density at radius 2 is 1.40 bits per heavy atom. The molecular formula is C18H34F2O5. The van der Waals surface area contributed by atoms with E-state index in [1.807, 2.05) is 0 Å². The first-order valence-corrected chi connectivity index (χ1v) is 9.17. The van der Waals surface area contributed by atoms with Gasteiger partial charge in [-0.15, -0.1) is 0 Å². The van der Waals surface area contributed by atoms with Gasteiger partial charge in [0.2, 0.25) is 0 Å². The fourth-order valence-electron chi connectivity index (χ4n) is 2.18. The van der Waals surface area contributed by atoms with Crippen LogP contribution in [0.5, 0.6) is 0 Å². The Morgan fingerprint density at radius 1 is 0.880 bits per heavy atom. The van der Waals surface area contributed by atoms with E-state index in [2.05, 4.69) is 6.92 Å². The number of carbonyl (C=O) groups is 2. The summed E-state index contributed by atoms with van der Waals surface area (Å²) in [5.74, 6) is -2.30. The number of hydrogen-bond donors (Lipinski definition) is 3. The smallest absolute Gasteiger partial charge is 0.338 e. The maximum atomic E-state index is 12.4. The first kappa shape index (κ1) is 26.0. The number of unbranched alkanes of at least 4 members (excludes halogenated alkanes) is 7. The zero-order chi connectivity index (χ0) is 19.5. The Kier molecular flexibility index (Phi) is 19.8. The third kappa shape index (κ3) is 22.8. The molecule has 0 bridgehead atoms. The van der Waals surface area contributed by atoms with Crippen LogP contribution in [0.1, 0.15) is 84.0 Å². The number of aliphatic hydroxyl groups is 1. The molecule has 0 aromatic heterocycles. The Hall–Kier alpha value is -1.24. The predicted molar refractivity (Wildman–Crippen MR) is 93.2 cm³/mol. The van der Waals surface area contributed by atoms with Crippen LogP contribution < -0.4 is 0 Å². The molecule has 0 aromatic carbocycles. The molecule has 0 aliphatic carbocycles. The average molecular weight is 368 g/mol. The van der Waals surface area contributed by atoms with Crippen molar-refractivity contribution in [3.05, 3.63) is 0 Å². The van der Waals surface area contributed by atoms with E-state index in [1.54, 1.807) is 0 Å². The number of carboxylic acids is 2. The van der Waals surface area contributed by atoms with Gasteiger partial charge in [0.25, 0.3) is 0 Å². The minimum Gasteiger partial charge on any atom is -0.481 e. The molecule has 0 rings (SSSR count). The van der Waals surface area contributed by atoms with E-state index in [9.17, 15) is 18.4 Å². The van der Waals surface area contributed by atoms with Gasteiger partial charge in [-0.05, 0) is 25.7 Å². The monoisotopic (exact) mass is 368 g/mol. The summed E-state index contributed by atoms with van der Waals surface area (Å²) in [6.45, 7) is 1.81. The molecule has 7 heteroatoms. The molecule has 0 fully saturated rings. The van der Waals surface area contributed by atoms with Crippen molar-refractivity contribution in [3.8, 4) is 0 Å². The quantitative estimate of drug-likeness (QED) is 0.370. The summed E-state index contributed by atoms with van der Waals surface area (Å²) in [5.41, 5.74) is 0. The van der Waals surface area contributed by atoms with Gasteiger partial charge in [-0.2, -0.15) is 0 Å². The van der Waals surface area contributed by atoms with Gasteiger partial charge in [-0.1, -0.05) is 51.9 Å². The number of hydrogen-bond acceptors (Lipinski definition) is 3. The van der Waals surface area contributed by atoms with Crippen molar-refractivity contribution in [2.45, 2.75) is 96.2 Å². The normalized spacial score (nSPS) is 12.8. The third-order valence-electron chi connectivity index (χ3n) is 3.66. The van der Waals surface area contributed by atoms with Gasteiger partial charge in [0.1, 0.15) is 0 Å². The molecule has 0 heterocycles. The highest BCUT2D eigenvalue weighted by molar-refractivity contribution is 5.71. The number of rotatable bonds is 15. The van der Waals surface area contributed by atoms with Gasteiger partial charge in [0.05, 0.1) is 19.2 Å². The second-order valence-corrected chi connectivity index (χ2v) is 6.15. The topological polar surface area (TPSA) is 94.8 Å². The molecule has 0 saturated carbocycles. The van der Waals surface area contributed by atoms with E-state index in [-0.39, 0.29) is 19.5 Å². The number of halogens is 2. The largest absolute Gasteiger partial charge is 0.481 e. The minimum atomic E-state index is -1.66. The van der Waals surface area contributed by atoms with E-state index in [0.29, 0.717) is 19.3 Å². The van der Waals surface area contributed by atoms with Crippen LogP contribution in [-0.4, -0.2) is 46.2 Å². The fraction of sp³-hybridized carbons (Fsp3) is 0.889. The molecule has 0 amide bonds. The van der Waals surface area contributed by atoms with E-state index in [1.165, 1.54) is 0 Å². The minimum absolute atomic E-state index is 0.166. The van der Waals surface area contributed by atoms with Crippen LogP contribution >= 0.6 is 0 Å². The molecule has 2 atom stereocenters. The van der Waals surface area contributed by atoms with Crippen molar-refractivity contribution >= 4 is 11.9 Å². The number of aliphatic carboxylic acids is 2. The summed E-state index contributed by atoms with van der Waals surface area (Å²) in [4.78, 5) is 20.2. The van der Waals surface area contributed by atoms with Gasteiger partial charge < -0.3 is 15.3 Å². The molecule has 2 unspecified atom stereocenters. The highest BCUT2D eigenvalue weighted by atomic mass is 19.1. The van der Waals surface area contributed by atoms with Crippen molar-refractivity contribution in [1.29, 1.82) is 0 Å². The lowest BCUT2D eigenvalue weighted by Crippen LogP contribution is -2.13. The zero-order valence-electron chi connectivity index (χ0n) is 15.3. The summed E-state index contributed by atoms with van der Waals surface area (Å²) in [5, 5.41) is 25.6. The van der Waals surface area contributed by atoms with Gasteiger partial charge in [-0.3, -0.25) is 9.18 Å². The molecule has 0 saturated heterocycles. The molecule has 5 nitrogen and oxygen atoms in total. The van der Waals surface area contributed by atoms with Gasteiger partial charge >= 0.3 is 11.9 Å². The lowest BCUT2D eigenvalue weighted by atomic mass is 10.1. The third-order valence-corrected chi connectivity index (χ3v) is 3.66. The molecule has 0 spiro atoms. The zero-order valence-corrected chi connectivity index (χ0v) is 15.3. The van der Waals surface area contributed by atoms with Crippen molar-refractivity contribution < 1.29 is 33.7 Å². The van der Waals surface area contributed by atoms with E-state index in [4.69, 9.17) is 15.3 Å². The first-order chi connectivity index (χ1) is 11.8. The first-order valence-electron chi connectivity index (χ1n) is 9.17. The van der Waals surface area contributed by atoms with Crippen molar-refractivity contribution in [2.24, 2.45) is 0 Å². The van der Waals surface area contributed by atoms with Crippen LogP contribution in [0.4, 0.5) is 8.78 Å². The summed E-state index contributed by atoms with van der Waals surface area (Å²) >= 11 is 0. The van der Waals surface area contributed by atoms with Gasteiger partial charge in [0.15, 0.2) is 6.17 Å². The Labute approximate surface area is 149 Å². The summed E-state index contributed by atoms with van der Waals surface area (Å²) in [6.07, 6.45) is 6.11. The molecule has 25 heavy (non-hydrogen) atoms. The van der Waals surface area contributed by atoms with Crippen molar-refractivity contribution in [3.63, 3.8) is 0 Å². The predicted octanol–water partition coefficient (Wildman–Crippen LogP) is 4.51. The van der Waals surface area contributed by atoms with Crippen LogP contribution in [0.3, 0.4) is 0 Å². The van der Waals surface area contributed by atoms with Gasteiger partial charge in [-0.25, -0.2) is 9.18 Å². The second-order valence-electron chi connectivity index (χ2n) is 6.15. The Morgan fingerprint density at radius 3 is 1.88 bits per heavy atom. The lowest BCUT2D eigenvalue weighted by molar-refractivity contribution is -0.143. The standard InChI is InChI=1S/C9H17FO3.C9H17FO2/c10-6-4-2-1-3-5-8(11)7-9(12)13;1-2-3-4-5-6-7-8(10)9(11)12/h8,11H,1-7H2,(H,12,13);8H,2-7H2,1H3,(H,11,12). The molecule has 3 N–H and O–H groups in total. The fourth-order valence-corrected chi connectivity index (χ4v) is 2.18. The molecule has 0 aliphatic heterocycles. The SMILES string of the molecule is CCCCCCCC(F)C(=O)O.O=C(O)CC(O)CCCCCCF. The number of aliphatic hydroxyl groups excluding tert-OH is 1. The van der Waals surface area contributed by atoms with Crippen LogP contribution in [0.25, 0.3) is 0 Å². The maximum Gasteiger partial charge on any atom is 0.338 e. The van der Waals surface area contributed by atoms with E-state index < -0.39 is 24.2 Å². The van der Waals surface area contributed by atoms with E-state index in [0.717, 1.165) is 44.9 Å². The molecule has 150 valence electrons. The van der Waals surface area contributed by atoms with E-state index >= 15 is 0 Å². The molecule has 0 aliphatic rings. The lowest BCUT2D eigenvalue weighted by Gasteiger charge is -2.06. The summed E-state index contributed by atoms with van der Waals surface area (Å²) in [7, 11) is 0. The highest BCUT2D eigenvalue weighted by Gasteiger charge is 2.13. The Bertz CT molecular complexity index is 327. The van der Waals surface area contributed by atoms with Crippen LogP contribution in [0.2, 0.25) is 0 Å². The average Bonchev–Trinajstić information content (AvgIpc) is 2.54. The van der Waals surface area contributed by atoms with Gasteiger partial charge in [0, 0.05) is 0 Å². The molecule has 0 radical (unpaired) electrons. The van der Waals surface area contributed by atoms with Crippen LogP contribution in [0, 0.1) is 0 Å². The summed E-state index contributed by atoms with van der Waals surface area (Å²) in [6, 6.07) is 0. The van der Waals surface area contributed by atoms with Crippen LogP contribution in [0.15, 0.2) is 0 Å². The van der Waals surface area contributed by atoms with Crippen LogP contribution in [-0.2, 0) is 9.59 Å². The number of carboxylic acid groups (broad SMARTS) is 2. The maximum absolute atomic E-state index is 12.4. The molecular weight excluding hydrogens is 334 g/mol. The number of alkyl halides is 2. The van der Waals surface area contributed by atoms with Crippen molar-refractivity contribution in [2.75, 3.05) is 6.67 Å². The highest BCUT2D eigenvalue weighted by Crippen LogP contribution is 2.09. The van der Waals surface area contributed by atoms with Crippen molar-refractivity contribution in [1.82, 2.24) is 0 Å². The molecule has 0 aromatic rings. The summed E-state index contributed by atoms with van der Waals surface area (Å²) < 4.78 is 24.1. The Balaban J connectivity index is 0. The second kappa shape index (κ2) is 19.1.